The van der Waals surface area contributed by atoms with E-state index in [0.29, 0.717) is 17.3 Å². The van der Waals surface area contributed by atoms with Crippen molar-refractivity contribution in [2.75, 3.05) is 0 Å². The van der Waals surface area contributed by atoms with E-state index in [1.807, 2.05) is 23.9 Å². The summed E-state index contributed by atoms with van der Waals surface area (Å²) in [6, 6.07) is 0. The minimum absolute atomic E-state index is 0.324. The number of hydrogen-bond acceptors (Lipinski definition) is 3. The van der Waals surface area contributed by atoms with Gasteiger partial charge in [0.1, 0.15) is 11.2 Å². The number of nitrogens with zero attached hydrogens (tertiary/aromatic N) is 2. The van der Waals surface area contributed by atoms with Crippen LogP contribution in [0.2, 0.25) is 0 Å². The van der Waals surface area contributed by atoms with Crippen LogP contribution in [-0.2, 0) is 0 Å². The minimum atomic E-state index is -0.324. The summed E-state index contributed by atoms with van der Waals surface area (Å²) in [6.45, 7) is 4.64. The van der Waals surface area contributed by atoms with Crippen molar-refractivity contribution in [3.63, 3.8) is 0 Å². The summed E-state index contributed by atoms with van der Waals surface area (Å²) >= 11 is 1.83. The van der Waals surface area contributed by atoms with Gasteiger partial charge in [-0.1, -0.05) is 13.8 Å². The van der Waals surface area contributed by atoms with Crippen LogP contribution in [0.15, 0.2) is 12.5 Å². The molecule has 2 aromatic heterocycles. The van der Waals surface area contributed by atoms with E-state index in [2.05, 4.69) is 23.2 Å². The highest BCUT2D eigenvalue weighted by atomic mass is 32.1. The minimum Gasteiger partial charge on any atom is -0.387 e. The van der Waals surface area contributed by atoms with Crippen molar-refractivity contribution in [2.45, 2.75) is 58.0 Å². The van der Waals surface area contributed by atoms with Gasteiger partial charge in [-0.3, -0.25) is 4.40 Å². The first kappa shape index (κ1) is 12.8. The van der Waals surface area contributed by atoms with Gasteiger partial charge in [-0.2, -0.15) is 0 Å². The summed E-state index contributed by atoms with van der Waals surface area (Å²) < 4.78 is 2.13. The van der Waals surface area contributed by atoms with Crippen molar-refractivity contribution in [1.29, 1.82) is 0 Å². The van der Waals surface area contributed by atoms with Crippen LogP contribution in [0.4, 0.5) is 0 Å². The van der Waals surface area contributed by atoms with Gasteiger partial charge in [0.25, 0.3) is 0 Å². The summed E-state index contributed by atoms with van der Waals surface area (Å²) in [4.78, 5) is 6.84. The third kappa shape index (κ3) is 2.01. The fraction of sp³-hybridized carbons (Fsp3) is 0.688. The van der Waals surface area contributed by atoms with E-state index in [9.17, 15) is 5.11 Å². The number of thiazole rings is 1. The van der Waals surface area contributed by atoms with Crippen molar-refractivity contribution < 1.29 is 5.11 Å². The molecule has 0 saturated heterocycles. The van der Waals surface area contributed by atoms with Crippen LogP contribution in [0.5, 0.6) is 0 Å². The normalized spacial score (nSPS) is 27.2. The molecular formula is C16H22N2OS. The molecule has 0 radical (unpaired) electrons. The number of aliphatic hydroxyl groups is 1. The lowest BCUT2D eigenvalue weighted by atomic mass is 9.88. The van der Waals surface area contributed by atoms with E-state index in [-0.39, 0.29) is 6.10 Å². The molecule has 4 heteroatoms. The quantitative estimate of drug-likeness (QED) is 0.922. The Kier molecular flexibility index (Phi) is 2.77. The van der Waals surface area contributed by atoms with Gasteiger partial charge in [0, 0.05) is 4.88 Å². The van der Waals surface area contributed by atoms with E-state index in [1.165, 1.54) is 29.0 Å². The SMILES string of the molecule is CC1(C)CC[C@@H](C(O)c2c(C3CC3)sc3cncn23)C1. The fourth-order valence-corrected chi connectivity index (χ4v) is 5.04. The average Bonchev–Trinajstić information content (AvgIpc) is 2.86. The molecule has 0 aromatic carbocycles. The third-order valence-corrected chi connectivity index (χ3v) is 6.29. The predicted molar refractivity (Wildman–Crippen MR) is 81.1 cm³/mol. The van der Waals surface area contributed by atoms with Crippen LogP contribution in [0, 0.1) is 11.3 Å². The number of hydrogen-bond donors (Lipinski definition) is 1. The van der Waals surface area contributed by atoms with Gasteiger partial charge in [0.2, 0.25) is 0 Å². The molecule has 1 unspecified atom stereocenters. The molecule has 2 saturated carbocycles. The lowest BCUT2D eigenvalue weighted by Crippen LogP contribution is -2.15. The van der Waals surface area contributed by atoms with Crippen LogP contribution in [-0.4, -0.2) is 14.5 Å². The highest BCUT2D eigenvalue weighted by Gasteiger charge is 2.39. The van der Waals surface area contributed by atoms with Crippen LogP contribution in [0.25, 0.3) is 4.83 Å². The molecule has 2 heterocycles. The predicted octanol–water partition coefficient (Wildman–Crippen LogP) is 4.13. The van der Waals surface area contributed by atoms with Crippen LogP contribution >= 0.6 is 11.3 Å². The Morgan fingerprint density at radius 1 is 1.40 bits per heavy atom. The first-order valence-corrected chi connectivity index (χ1v) is 8.49. The van der Waals surface area contributed by atoms with Crippen LogP contribution in [0.3, 0.4) is 0 Å². The average molecular weight is 290 g/mol. The second-order valence-corrected chi connectivity index (χ2v) is 8.40. The van der Waals surface area contributed by atoms with E-state index < -0.39 is 0 Å². The maximum Gasteiger partial charge on any atom is 0.120 e. The maximum absolute atomic E-state index is 11.0. The molecule has 20 heavy (non-hydrogen) atoms. The molecular weight excluding hydrogens is 268 g/mol. The van der Waals surface area contributed by atoms with E-state index in [4.69, 9.17) is 0 Å². The highest BCUT2D eigenvalue weighted by Crippen LogP contribution is 2.51. The van der Waals surface area contributed by atoms with Gasteiger partial charge in [-0.25, -0.2) is 4.98 Å². The number of rotatable bonds is 3. The zero-order valence-corrected chi connectivity index (χ0v) is 13.0. The summed E-state index contributed by atoms with van der Waals surface area (Å²) in [5, 5.41) is 11.0. The topological polar surface area (TPSA) is 37.5 Å². The second-order valence-electron chi connectivity index (χ2n) is 7.34. The summed E-state index contributed by atoms with van der Waals surface area (Å²) in [5.74, 6) is 1.10. The monoisotopic (exact) mass is 290 g/mol. The molecule has 0 aliphatic heterocycles. The Bertz CT molecular complexity index is 638. The highest BCUT2D eigenvalue weighted by molar-refractivity contribution is 7.17. The summed E-state index contributed by atoms with van der Waals surface area (Å²) in [6.07, 6.45) is 9.54. The molecule has 0 bridgehead atoms. The third-order valence-electron chi connectivity index (χ3n) is 5.01. The van der Waals surface area contributed by atoms with Crippen molar-refractivity contribution in [1.82, 2.24) is 9.38 Å². The van der Waals surface area contributed by atoms with Gasteiger partial charge in [-0.15, -0.1) is 11.3 Å². The van der Waals surface area contributed by atoms with E-state index in [1.54, 1.807) is 0 Å². The summed E-state index contributed by atoms with van der Waals surface area (Å²) in [7, 11) is 0. The zero-order chi connectivity index (χ0) is 13.9. The molecule has 2 atom stereocenters. The van der Waals surface area contributed by atoms with Crippen molar-refractivity contribution >= 4 is 16.2 Å². The second kappa shape index (κ2) is 4.31. The van der Waals surface area contributed by atoms with Gasteiger partial charge >= 0.3 is 0 Å². The maximum atomic E-state index is 11.0. The largest absolute Gasteiger partial charge is 0.387 e. The lowest BCUT2D eigenvalue weighted by Gasteiger charge is -2.22. The van der Waals surface area contributed by atoms with Gasteiger partial charge < -0.3 is 5.11 Å². The Labute approximate surface area is 123 Å². The number of imidazole rings is 1. The molecule has 3 nitrogen and oxygen atoms in total. The smallest absolute Gasteiger partial charge is 0.120 e. The van der Waals surface area contributed by atoms with Crippen molar-refractivity contribution in [3.8, 4) is 0 Å². The van der Waals surface area contributed by atoms with Crippen LogP contribution < -0.4 is 0 Å². The number of aliphatic hydroxyl groups excluding tert-OH is 1. The molecule has 4 rings (SSSR count). The molecule has 2 fully saturated rings. The molecule has 1 N–H and O–H groups in total. The van der Waals surface area contributed by atoms with E-state index >= 15 is 0 Å². The standard InChI is InChI=1S/C16H22N2OS/c1-16(2)6-5-11(7-16)14(19)13-15(10-3-4-10)20-12-8-17-9-18(12)13/h8-11,14,19H,3-7H2,1-2H3/t11-,14?/m1/s1. The van der Waals surface area contributed by atoms with Gasteiger partial charge in [-0.05, 0) is 49.4 Å². The summed E-state index contributed by atoms with van der Waals surface area (Å²) in [5.41, 5.74) is 1.53. The Balaban J connectivity index is 1.73. The first-order valence-electron chi connectivity index (χ1n) is 7.68. The van der Waals surface area contributed by atoms with Crippen LogP contribution in [0.1, 0.15) is 68.5 Å². The number of aromatic nitrogens is 2. The molecule has 108 valence electrons. The molecule has 0 spiro atoms. The first-order chi connectivity index (χ1) is 9.55. The number of fused-ring (bicyclic) bond motifs is 1. The Morgan fingerprint density at radius 2 is 2.20 bits per heavy atom. The van der Waals surface area contributed by atoms with Gasteiger partial charge in [0.05, 0.1) is 18.0 Å². The zero-order valence-electron chi connectivity index (χ0n) is 12.2. The van der Waals surface area contributed by atoms with Crippen molar-refractivity contribution in [3.05, 3.63) is 23.1 Å². The molecule has 0 amide bonds. The molecule has 2 aliphatic carbocycles. The fourth-order valence-electron chi connectivity index (χ4n) is 3.73. The van der Waals surface area contributed by atoms with E-state index in [0.717, 1.165) is 18.5 Å². The van der Waals surface area contributed by atoms with Gasteiger partial charge in [0.15, 0.2) is 0 Å². The Morgan fingerprint density at radius 3 is 2.85 bits per heavy atom. The molecule has 2 aliphatic rings. The van der Waals surface area contributed by atoms with Crippen molar-refractivity contribution in [2.24, 2.45) is 11.3 Å². The Hall–Kier alpha value is -0.870. The molecule has 2 aromatic rings. The lowest BCUT2D eigenvalue weighted by molar-refractivity contribution is 0.0995.